The molecule has 0 bridgehead atoms. The van der Waals surface area contributed by atoms with Gasteiger partial charge in [0.1, 0.15) is 5.70 Å². The summed E-state index contributed by atoms with van der Waals surface area (Å²) in [5, 5.41) is 5.23. The Kier molecular flexibility index (Phi) is 9.01. The summed E-state index contributed by atoms with van der Waals surface area (Å²) in [6.45, 7) is 1.67. The molecule has 0 radical (unpaired) electrons. The topological polar surface area (TPSA) is 139 Å². The normalized spacial score (nSPS) is 17.4. The first-order valence-corrected chi connectivity index (χ1v) is 10.0. The number of nitrogens with one attached hydrogen (secondary N) is 2. The molecule has 1 aromatic rings. The summed E-state index contributed by atoms with van der Waals surface area (Å²) in [5.74, 6) is -2.16. The van der Waals surface area contributed by atoms with Crippen LogP contribution in [0.15, 0.2) is 40.5 Å². The van der Waals surface area contributed by atoms with E-state index in [0.29, 0.717) is 6.54 Å². The molecule has 1 aromatic carbocycles. The molecule has 1 aliphatic rings. The molecule has 0 unspecified atom stereocenters. The van der Waals surface area contributed by atoms with Gasteiger partial charge in [0.2, 0.25) is 0 Å². The van der Waals surface area contributed by atoms with Crippen LogP contribution in [0.1, 0.15) is 12.5 Å². The van der Waals surface area contributed by atoms with Crippen molar-refractivity contribution >= 4 is 39.9 Å². The highest BCUT2D eigenvalue weighted by atomic mass is 79.9. The molecule has 2 rings (SSSR count). The number of amides is 1. The van der Waals surface area contributed by atoms with Gasteiger partial charge in [0.25, 0.3) is 0 Å². The van der Waals surface area contributed by atoms with E-state index in [4.69, 9.17) is 9.47 Å². The Morgan fingerprint density at radius 2 is 1.77 bits per heavy atom. The maximum atomic E-state index is 12.5. The fraction of sp³-hybridized carbons (Fsp3) is 0.400. The third kappa shape index (κ3) is 7.37. The van der Waals surface area contributed by atoms with Crippen molar-refractivity contribution in [2.75, 3.05) is 20.8 Å². The Morgan fingerprint density at radius 3 is 2.29 bits per heavy atom. The maximum absolute atomic E-state index is 12.5. The van der Waals surface area contributed by atoms with E-state index in [-0.39, 0.29) is 22.6 Å². The molecular formula is C20H23BrN2O8. The molecule has 2 N–H and O–H groups in total. The molecule has 1 aliphatic heterocycles. The van der Waals surface area contributed by atoms with E-state index >= 15 is 0 Å². The third-order valence-corrected chi connectivity index (χ3v) is 5.02. The molecule has 0 aliphatic carbocycles. The smallest absolute Gasteiger partial charge is 0.411 e. The molecule has 11 heteroatoms. The minimum absolute atomic E-state index is 0.00243. The summed E-state index contributed by atoms with van der Waals surface area (Å²) in [7, 11) is 2.23. The summed E-state index contributed by atoms with van der Waals surface area (Å²) in [6.07, 6.45) is -3.15. The average molecular weight is 499 g/mol. The molecule has 0 saturated carbocycles. The number of rotatable bonds is 9. The van der Waals surface area contributed by atoms with Gasteiger partial charge >= 0.3 is 24.0 Å². The number of ether oxygens (including phenoxy) is 4. The number of alkyl carbamates (subject to hydrolysis) is 1. The fourth-order valence-corrected chi connectivity index (χ4v) is 3.27. The van der Waals surface area contributed by atoms with Gasteiger partial charge < -0.3 is 24.3 Å². The van der Waals surface area contributed by atoms with Crippen molar-refractivity contribution in [2.24, 2.45) is 0 Å². The van der Waals surface area contributed by atoms with E-state index in [0.717, 1.165) is 19.8 Å². The number of benzene rings is 1. The van der Waals surface area contributed by atoms with Gasteiger partial charge in [-0.05, 0) is 21.5 Å². The van der Waals surface area contributed by atoms with Gasteiger partial charge in [-0.2, -0.15) is 0 Å². The van der Waals surface area contributed by atoms with Crippen LogP contribution in [-0.2, 0) is 39.8 Å². The van der Waals surface area contributed by atoms with Crippen molar-refractivity contribution < 1.29 is 38.1 Å². The van der Waals surface area contributed by atoms with Crippen LogP contribution in [0.25, 0.3) is 0 Å². The summed E-state index contributed by atoms with van der Waals surface area (Å²) in [5.41, 5.74) is 0.390. The van der Waals surface area contributed by atoms with Crippen LogP contribution in [0, 0.1) is 0 Å². The first-order chi connectivity index (χ1) is 14.8. The van der Waals surface area contributed by atoms with Crippen LogP contribution in [0.4, 0.5) is 4.79 Å². The summed E-state index contributed by atoms with van der Waals surface area (Å²) in [4.78, 5) is 48.2. The lowest BCUT2D eigenvalue weighted by Gasteiger charge is -2.27. The van der Waals surface area contributed by atoms with Gasteiger partial charge in [-0.25, -0.2) is 9.59 Å². The van der Waals surface area contributed by atoms with E-state index < -0.39 is 36.2 Å². The summed E-state index contributed by atoms with van der Waals surface area (Å²) in [6, 6.07) is 8.65. The second kappa shape index (κ2) is 11.5. The molecule has 1 saturated heterocycles. The number of hydrogen-bond donors (Lipinski definition) is 2. The zero-order valence-corrected chi connectivity index (χ0v) is 18.8. The molecule has 1 fully saturated rings. The quantitative estimate of drug-likeness (QED) is 0.222. The van der Waals surface area contributed by atoms with Gasteiger partial charge in [-0.15, -0.1) is 0 Å². The average Bonchev–Trinajstić information content (AvgIpc) is 3.59. The van der Waals surface area contributed by atoms with Crippen LogP contribution in [-0.4, -0.2) is 63.0 Å². The van der Waals surface area contributed by atoms with E-state index in [1.165, 1.54) is 6.92 Å². The van der Waals surface area contributed by atoms with Crippen LogP contribution < -0.4 is 10.6 Å². The highest BCUT2D eigenvalue weighted by Crippen LogP contribution is 2.28. The molecule has 0 aromatic heterocycles. The first-order valence-electron chi connectivity index (χ1n) is 9.23. The Hall–Kier alpha value is -2.92. The minimum atomic E-state index is -1.23. The van der Waals surface area contributed by atoms with E-state index in [2.05, 4.69) is 36.0 Å². The zero-order valence-electron chi connectivity index (χ0n) is 17.2. The van der Waals surface area contributed by atoms with Gasteiger partial charge in [-0.1, -0.05) is 30.3 Å². The molecule has 0 spiro atoms. The molecule has 1 amide bonds. The van der Waals surface area contributed by atoms with Crippen molar-refractivity contribution in [1.29, 1.82) is 0 Å². The predicted molar refractivity (Wildman–Crippen MR) is 111 cm³/mol. The zero-order chi connectivity index (χ0) is 23.0. The lowest BCUT2D eigenvalue weighted by molar-refractivity contribution is -0.163. The Morgan fingerprint density at radius 1 is 1.13 bits per heavy atom. The minimum Gasteiger partial charge on any atom is -0.464 e. The monoisotopic (exact) mass is 498 g/mol. The summed E-state index contributed by atoms with van der Waals surface area (Å²) < 4.78 is 20.1. The van der Waals surface area contributed by atoms with Crippen molar-refractivity contribution in [3.05, 3.63) is 46.1 Å². The molecule has 3 atom stereocenters. The van der Waals surface area contributed by atoms with Crippen molar-refractivity contribution in [2.45, 2.75) is 31.6 Å². The van der Waals surface area contributed by atoms with Crippen molar-refractivity contribution in [1.82, 2.24) is 10.6 Å². The SMILES string of the molecule is COC(=O)N/C(C(=O)OC)=C(/Br)[C@@H](OC(C)=O)[C@H](OC(=O)Cc1ccccc1)[C@@H]1CN1. The van der Waals surface area contributed by atoms with Gasteiger partial charge in [0.15, 0.2) is 12.2 Å². The first kappa shape index (κ1) is 24.4. The molecule has 1 heterocycles. The lowest BCUT2D eigenvalue weighted by atomic mass is 10.1. The van der Waals surface area contributed by atoms with Crippen LogP contribution in [0.3, 0.4) is 0 Å². The van der Waals surface area contributed by atoms with Gasteiger partial charge in [0.05, 0.1) is 31.2 Å². The third-order valence-electron chi connectivity index (χ3n) is 4.18. The maximum Gasteiger partial charge on any atom is 0.411 e. The number of carbonyl (C=O) groups excluding carboxylic acids is 4. The molecule has 31 heavy (non-hydrogen) atoms. The largest absolute Gasteiger partial charge is 0.464 e. The van der Waals surface area contributed by atoms with Gasteiger partial charge in [0, 0.05) is 13.5 Å². The number of esters is 3. The second-order valence-corrected chi connectivity index (χ2v) is 7.35. The Balaban J connectivity index is 2.34. The highest BCUT2D eigenvalue weighted by Gasteiger charge is 2.44. The fourth-order valence-electron chi connectivity index (χ4n) is 2.66. The van der Waals surface area contributed by atoms with E-state index in [9.17, 15) is 19.2 Å². The van der Waals surface area contributed by atoms with E-state index in [1.807, 2.05) is 6.07 Å². The predicted octanol–water partition coefficient (Wildman–Crippen LogP) is 1.18. The van der Waals surface area contributed by atoms with E-state index in [1.54, 1.807) is 24.3 Å². The lowest BCUT2D eigenvalue weighted by Crippen LogP contribution is -2.42. The highest BCUT2D eigenvalue weighted by molar-refractivity contribution is 9.11. The standard InChI is InChI=1S/C20H23BrN2O8/c1-11(24)30-18(15(21)16(19(26)28-2)23-20(27)29-3)17(13-10-22-13)31-14(25)9-12-7-5-4-6-8-12/h4-8,13,17-18,22H,9-10H2,1-3H3,(H,23,27)/b16-15+/t13-,17+,18+/m0/s1. The van der Waals surface area contributed by atoms with Crippen LogP contribution >= 0.6 is 15.9 Å². The second-order valence-electron chi connectivity index (χ2n) is 6.49. The number of halogens is 1. The molecule has 168 valence electrons. The van der Waals surface area contributed by atoms with Crippen LogP contribution in [0.2, 0.25) is 0 Å². The number of methoxy groups -OCH3 is 2. The van der Waals surface area contributed by atoms with Gasteiger partial charge in [-0.3, -0.25) is 14.9 Å². The van der Waals surface area contributed by atoms with Crippen LogP contribution in [0.5, 0.6) is 0 Å². The molecule has 10 nitrogen and oxygen atoms in total. The number of carbonyl (C=O) groups is 4. The van der Waals surface area contributed by atoms with Crippen molar-refractivity contribution in [3.63, 3.8) is 0 Å². The molecular weight excluding hydrogens is 476 g/mol. The Bertz CT molecular complexity index is 854. The summed E-state index contributed by atoms with van der Waals surface area (Å²) >= 11 is 3.20. The number of hydrogen-bond acceptors (Lipinski definition) is 9. The Labute approximate surface area is 187 Å². The van der Waals surface area contributed by atoms with Crippen molar-refractivity contribution in [3.8, 4) is 0 Å².